The van der Waals surface area contributed by atoms with E-state index in [2.05, 4.69) is 0 Å². The third kappa shape index (κ3) is 2.82. The van der Waals surface area contributed by atoms with Crippen LogP contribution in [0.5, 0.6) is 0 Å². The van der Waals surface area contributed by atoms with Crippen LogP contribution >= 0.6 is 11.6 Å². The van der Waals surface area contributed by atoms with Crippen LogP contribution in [0, 0.1) is 5.82 Å². The molecule has 0 aliphatic rings. The highest BCUT2D eigenvalue weighted by Crippen LogP contribution is 2.34. The summed E-state index contributed by atoms with van der Waals surface area (Å²) in [5.41, 5.74) is -1.78. The number of carbonyl (C=O) groups is 1. The second-order valence-electron chi connectivity index (χ2n) is 4.01. The summed E-state index contributed by atoms with van der Waals surface area (Å²) in [5.74, 6) is -2.01. The van der Waals surface area contributed by atoms with Gasteiger partial charge in [0.05, 0.1) is 16.1 Å². The van der Waals surface area contributed by atoms with E-state index in [0.29, 0.717) is 12.1 Å². The van der Waals surface area contributed by atoms with Crippen molar-refractivity contribution in [2.24, 2.45) is 0 Å². The van der Waals surface area contributed by atoms with E-state index in [1.165, 1.54) is 24.3 Å². The second-order valence-corrected chi connectivity index (χ2v) is 4.42. The Labute approximate surface area is 116 Å². The molecular formula is C14H7ClF4O. The van der Waals surface area contributed by atoms with Gasteiger partial charge in [-0.1, -0.05) is 41.9 Å². The van der Waals surface area contributed by atoms with Crippen LogP contribution in [0.15, 0.2) is 42.5 Å². The molecule has 0 saturated carbocycles. The number of rotatable bonds is 2. The number of carbonyl (C=O) groups excluding carboxylic acids is 1. The molecule has 2 rings (SSSR count). The average Bonchev–Trinajstić information content (AvgIpc) is 2.40. The molecular weight excluding hydrogens is 296 g/mol. The van der Waals surface area contributed by atoms with Crippen molar-refractivity contribution < 1.29 is 22.4 Å². The zero-order valence-corrected chi connectivity index (χ0v) is 10.6. The van der Waals surface area contributed by atoms with Crippen LogP contribution in [0.2, 0.25) is 5.02 Å². The van der Waals surface area contributed by atoms with Gasteiger partial charge in [0.25, 0.3) is 0 Å². The highest BCUT2D eigenvalue weighted by atomic mass is 35.5. The van der Waals surface area contributed by atoms with Gasteiger partial charge < -0.3 is 0 Å². The lowest BCUT2D eigenvalue weighted by molar-refractivity contribution is -0.137. The van der Waals surface area contributed by atoms with Crippen LogP contribution in [0.1, 0.15) is 21.5 Å². The molecule has 2 aromatic rings. The van der Waals surface area contributed by atoms with Gasteiger partial charge in [-0.15, -0.1) is 0 Å². The molecule has 0 bridgehead atoms. The summed E-state index contributed by atoms with van der Waals surface area (Å²) in [6, 6.07) is 8.38. The molecule has 0 saturated heterocycles. The fraction of sp³-hybridized carbons (Fsp3) is 0.0714. The summed E-state index contributed by atoms with van der Waals surface area (Å²) in [5, 5.41) is -0.737. The lowest BCUT2D eigenvalue weighted by Gasteiger charge is -2.11. The van der Waals surface area contributed by atoms with Gasteiger partial charge in [0.1, 0.15) is 0 Å². The summed E-state index contributed by atoms with van der Waals surface area (Å²) in [4.78, 5) is 12.0. The Morgan fingerprint density at radius 1 is 1.05 bits per heavy atom. The highest BCUT2D eigenvalue weighted by Gasteiger charge is 2.33. The Hall–Kier alpha value is -1.88. The maximum absolute atomic E-state index is 13.8. The number of hydrogen-bond donors (Lipinski definition) is 0. The Morgan fingerprint density at radius 3 is 2.20 bits per heavy atom. The molecule has 0 fully saturated rings. The highest BCUT2D eigenvalue weighted by molar-refractivity contribution is 6.31. The quantitative estimate of drug-likeness (QED) is 0.579. The third-order valence-corrected chi connectivity index (χ3v) is 2.91. The van der Waals surface area contributed by atoms with E-state index in [4.69, 9.17) is 11.6 Å². The zero-order valence-electron chi connectivity index (χ0n) is 9.84. The molecule has 0 atom stereocenters. The first kappa shape index (κ1) is 14.5. The maximum atomic E-state index is 13.8. The van der Waals surface area contributed by atoms with Crippen LogP contribution in [0.4, 0.5) is 17.6 Å². The summed E-state index contributed by atoms with van der Waals surface area (Å²) in [6.07, 6.45) is -4.71. The molecule has 0 unspecified atom stereocenters. The van der Waals surface area contributed by atoms with Crippen molar-refractivity contribution in [3.05, 3.63) is 70.0 Å². The molecule has 20 heavy (non-hydrogen) atoms. The minimum absolute atomic E-state index is 0.0850. The van der Waals surface area contributed by atoms with Gasteiger partial charge in [-0.3, -0.25) is 4.79 Å². The monoisotopic (exact) mass is 302 g/mol. The van der Waals surface area contributed by atoms with Crippen molar-refractivity contribution >= 4 is 17.4 Å². The molecule has 0 spiro atoms. The van der Waals surface area contributed by atoms with E-state index in [-0.39, 0.29) is 5.56 Å². The van der Waals surface area contributed by atoms with Crippen molar-refractivity contribution in [3.63, 3.8) is 0 Å². The third-order valence-electron chi connectivity index (χ3n) is 2.64. The minimum atomic E-state index is -4.71. The zero-order chi connectivity index (χ0) is 14.9. The fourth-order valence-electron chi connectivity index (χ4n) is 1.66. The molecule has 0 amide bonds. The van der Waals surface area contributed by atoms with Gasteiger partial charge >= 0.3 is 6.18 Å². The predicted molar refractivity (Wildman–Crippen MR) is 66.3 cm³/mol. The normalized spacial score (nSPS) is 11.4. The Kier molecular flexibility index (Phi) is 3.81. The van der Waals surface area contributed by atoms with Gasteiger partial charge in [-0.2, -0.15) is 13.2 Å². The van der Waals surface area contributed by atoms with Crippen LogP contribution in [0.3, 0.4) is 0 Å². The number of alkyl halides is 3. The summed E-state index contributed by atoms with van der Waals surface area (Å²) in [7, 11) is 0. The van der Waals surface area contributed by atoms with Gasteiger partial charge in [0.2, 0.25) is 0 Å². The molecule has 0 aromatic heterocycles. The molecule has 0 aliphatic heterocycles. The smallest absolute Gasteiger partial charge is 0.288 e. The largest absolute Gasteiger partial charge is 0.416 e. The van der Waals surface area contributed by atoms with Crippen molar-refractivity contribution in [2.45, 2.75) is 6.18 Å². The predicted octanol–water partition coefficient (Wildman–Crippen LogP) is 4.73. The molecule has 1 nitrogen and oxygen atoms in total. The summed E-state index contributed by atoms with van der Waals surface area (Å²) in [6.45, 7) is 0. The van der Waals surface area contributed by atoms with Crippen LogP contribution < -0.4 is 0 Å². The molecule has 6 heteroatoms. The fourth-order valence-corrected chi connectivity index (χ4v) is 1.88. The first-order valence-electron chi connectivity index (χ1n) is 5.46. The average molecular weight is 303 g/mol. The molecule has 0 radical (unpaired) electrons. The number of hydrogen-bond acceptors (Lipinski definition) is 1. The van der Waals surface area contributed by atoms with Gasteiger partial charge in [-0.25, -0.2) is 4.39 Å². The first-order valence-corrected chi connectivity index (χ1v) is 5.84. The maximum Gasteiger partial charge on any atom is 0.416 e. The Morgan fingerprint density at radius 2 is 1.65 bits per heavy atom. The second kappa shape index (κ2) is 5.25. The molecule has 2 aromatic carbocycles. The van der Waals surface area contributed by atoms with E-state index < -0.39 is 33.9 Å². The van der Waals surface area contributed by atoms with E-state index in [1.807, 2.05) is 0 Å². The molecule has 0 heterocycles. The summed E-state index contributed by atoms with van der Waals surface area (Å²) >= 11 is 5.43. The van der Waals surface area contributed by atoms with Gasteiger partial charge in [0.15, 0.2) is 11.6 Å². The molecule has 0 aliphatic carbocycles. The number of benzene rings is 2. The number of ketones is 1. The molecule has 104 valence electrons. The minimum Gasteiger partial charge on any atom is -0.288 e. The van der Waals surface area contributed by atoms with Crippen LogP contribution in [-0.4, -0.2) is 5.78 Å². The van der Waals surface area contributed by atoms with Crippen molar-refractivity contribution in [1.82, 2.24) is 0 Å². The van der Waals surface area contributed by atoms with E-state index >= 15 is 0 Å². The topological polar surface area (TPSA) is 17.1 Å². The van der Waals surface area contributed by atoms with E-state index in [1.54, 1.807) is 6.07 Å². The van der Waals surface area contributed by atoms with Gasteiger partial charge in [-0.05, 0) is 12.1 Å². The summed E-state index contributed by atoms with van der Waals surface area (Å²) < 4.78 is 51.7. The lowest BCUT2D eigenvalue weighted by Crippen LogP contribution is -2.11. The van der Waals surface area contributed by atoms with Crippen LogP contribution in [0.25, 0.3) is 0 Å². The number of halogens is 5. The SMILES string of the molecule is O=C(c1ccccc1)c1cc(C(F)(F)F)cc(Cl)c1F. The van der Waals surface area contributed by atoms with Crippen LogP contribution in [-0.2, 0) is 6.18 Å². The van der Waals surface area contributed by atoms with Gasteiger partial charge in [0, 0.05) is 5.56 Å². The van der Waals surface area contributed by atoms with E-state index in [9.17, 15) is 22.4 Å². The van der Waals surface area contributed by atoms with Crippen molar-refractivity contribution in [2.75, 3.05) is 0 Å². The first-order chi connectivity index (χ1) is 9.30. The Balaban J connectivity index is 2.57. The lowest BCUT2D eigenvalue weighted by atomic mass is 10.0. The van der Waals surface area contributed by atoms with E-state index in [0.717, 1.165) is 0 Å². The Bertz CT molecular complexity index is 650. The van der Waals surface area contributed by atoms with Crippen molar-refractivity contribution in [1.29, 1.82) is 0 Å². The van der Waals surface area contributed by atoms with Crippen molar-refractivity contribution in [3.8, 4) is 0 Å². The molecule has 0 N–H and O–H groups in total. The standard InChI is InChI=1S/C14H7ClF4O/c15-11-7-9(14(17,18)19)6-10(12(11)16)13(20)8-4-2-1-3-5-8/h1-7H.